The molecule has 0 aromatic heterocycles. The van der Waals surface area contributed by atoms with Crippen LogP contribution in [0.5, 0.6) is 0 Å². The normalized spacial score (nSPS) is 16.8. The maximum absolute atomic E-state index is 14.4. The van der Waals surface area contributed by atoms with Gasteiger partial charge in [-0.3, -0.25) is 14.4 Å². The van der Waals surface area contributed by atoms with Crippen LogP contribution in [0.4, 0.5) is 21.5 Å². The number of anilines is 3. The molecule has 3 aromatic carbocycles. The SMILES string of the molecule is CN1CCN(c2cccc3c2CCN(C(=O)/C(N)=C/Nc2cccc(Cl)c2F)C3C(=O)Nc2ccc(C(=O)O)cc2)CC1=O. The lowest BCUT2D eigenvalue weighted by atomic mass is 9.89. The number of halogens is 2. The van der Waals surface area contributed by atoms with Gasteiger partial charge in [0.15, 0.2) is 5.82 Å². The zero-order valence-electron chi connectivity index (χ0n) is 23.7. The quantitative estimate of drug-likeness (QED) is 0.294. The average Bonchev–Trinajstić information content (AvgIpc) is 3.01. The Morgan fingerprint density at radius 3 is 2.48 bits per heavy atom. The van der Waals surface area contributed by atoms with Crippen LogP contribution in [0.25, 0.3) is 0 Å². The molecule has 13 heteroatoms. The van der Waals surface area contributed by atoms with Crippen LogP contribution in [-0.4, -0.2) is 71.8 Å². The standard InChI is InChI=1S/C31H30ClFN6O5/c1-37-14-15-38(17-26(37)40)25-7-2-4-21-20(25)12-13-39(28(21)29(41)36-19-10-8-18(9-11-19)31(43)44)30(42)23(34)16-35-24-6-3-5-22(32)27(24)33/h2-11,16,28,35H,12-15,17,34H2,1H3,(H,36,41)(H,43,44)/b23-16-. The van der Waals surface area contributed by atoms with Crippen molar-refractivity contribution in [3.63, 3.8) is 0 Å². The van der Waals surface area contributed by atoms with Gasteiger partial charge in [-0.15, -0.1) is 0 Å². The maximum atomic E-state index is 14.4. The van der Waals surface area contributed by atoms with Crippen molar-refractivity contribution in [2.24, 2.45) is 5.73 Å². The minimum Gasteiger partial charge on any atom is -0.478 e. The van der Waals surface area contributed by atoms with Crippen LogP contribution in [0, 0.1) is 5.82 Å². The van der Waals surface area contributed by atoms with Crippen molar-refractivity contribution in [2.45, 2.75) is 12.5 Å². The number of nitrogens with zero attached hydrogens (tertiary/aromatic N) is 3. The van der Waals surface area contributed by atoms with Crippen LogP contribution in [0.15, 0.2) is 72.6 Å². The summed E-state index contributed by atoms with van der Waals surface area (Å²) in [6.45, 7) is 1.46. The number of carboxylic acids is 1. The molecule has 3 amide bonds. The lowest BCUT2D eigenvalue weighted by molar-refractivity contribution is -0.136. The Hall–Kier alpha value is -5.10. The zero-order chi connectivity index (χ0) is 31.5. The van der Waals surface area contributed by atoms with E-state index in [1.54, 1.807) is 24.1 Å². The molecule has 0 aliphatic carbocycles. The molecule has 0 spiro atoms. The van der Waals surface area contributed by atoms with E-state index in [1.807, 2.05) is 11.0 Å². The number of amides is 3. The molecule has 2 aliphatic heterocycles. The zero-order valence-corrected chi connectivity index (χ0v) is 24.5. The van der Waals surface area contributed by atoms with Gasteiger partial charge in [-0.1, -0.05) is 29.8 Å². The number of benzene rings is 3. The monoisotopic (exact) mass is 620 g/mol. The first-order chi connectivity index (χ1) is 21.0. The molecule has 0 saturated carbocycles. The lowest BCUT2D eigenvalue weighted by Gasteiger charge is -2.40. The smallest absolute Gasteiger partial charge is 0.335 e. The number of carbonyl (C=O) groups excluding carboxylic acids is 3. The van der Waals surface area contributed by atoms with Gasteiger partial charge in [0.2, 0.25) is 5.91 Å². The molecule has 2 aliphatic rings. The van der Waals surface area contributed by atoms with E-state index in [-0.39, 0.29) is 41.0 Å². The minimum absolute atomic E-state index is 0.0164. The van der Waals surface area contributed by atoms with E-state index in [2.05, 4.69) is 10.6 Å². The highest BCUT2D eigenvalue weighted by Gasteiger charge is 2.38. The number of carboxylic acid groups (broad SMARTS) is 1. The fourth-order valence-corrected chi connectivity index (χ4v) is 5.49. The second-order valence-corrected chi connectivity index (χ2v) is 10.9. The van der Waals surface area contributed by atoms with Crippen molar-refractivity contribution >= 4 is 52.4 Å². The fourth-order valence-electron chi connectivity index (χ4n) is 5.32. The van der Waals surface area contributed by atoms with E-state index in [0.717, 1.165) is 17.5 Å². The first-order valence-electron chi connectivity index (χ1n) is 13.8. The van der Waals surface area contributed by atoms with Crippen LogP contribution < -0.4 is 21.3 Å². The van der Waals surface area contributed by atoms with Crippen molar-refractivity contribution in [3.8, 4) is 0 Å². The summed E-state index contributed by atoms with van der Waals surface area (Å²) in [5.74, 6) is -3.05. The second kappa shape index (κ2) is 12.6. The van der Waals surface area contributed by atoms with Gasteiger partial charge in [-0.05, 0) is 60.0 Å². The first kappa shape index (κ1) is 30.4. The Bertz CT molecular complexity index is 1660. The number of hydrogen-bond donors (Lipinski definition) is 4. The highest BCUT2D eigenvalue weighted by molar-refractivity contribution is 6.31. The summed E-state index contributed by atoms with van der Waals surface area (Å²) in [4.78, 5) is 56.3. The predicted octanol–water partition coefficient (Wildman–Crippen LogP) is 3.43. The third kappa shape index (κ3) is 6.16. The molecule has 5 rings (SSSR count). The number of fused-ring (bicyclic) bond motifs is 1. The van der Waals surface area contributed by atoms with Gasteiger partial charge in [0, 0.05) is 44.3 Å². The van der Waals surface area contributed by atoms with Gasteiger partial charge < -0.3 is 36.2 Å². The van der Waals surface area contributed by atoms with Gasteiger partial charge in [0.25, 0.3) is 11.8 Å². The van der Waals surface area contributed by atoms with Gasteiger partial charge in [0.05, 0.1) is 22.8 Å². The molecule has 1 fully saturated rings. The second-order valence-electron chi connectivity index (χ2n) is 10.5. The van der Waals surface area contributed by atoms with Crippen molar-refractivity contribution in [1.29, 1.82) is 0 Å². The number of hydrogen-bond acceptors (Lipinski definition) is 7. The average molecular weight is 621 g/mol. The third-order valence-corrected chi connectivity index (χ3v) is 7.98. The van der Waals surface area contributed by atoms with Crippen molar-refractivity contribution < 1.29 is 28.7 Å². The van der Waals surface area contributed by atoms with E-state index in [1.165, 1.54) is 47.4 Å². The molecule has 2 heterocycles. The van der Waals surface area contributed by atoms with Gasteiger partial charge >= 0.3 is 5.97 Å². The Balaban J connectivity index is 1.48. The van der Waals surface area contributed by atoms with Crippen molar-refractivity contribution in [2.75, 3.05) is 48.8 Å². The van der Waals surface area contributed by atoms with Crippen LogP contribution in [-0.2, 0) is 20.8 Å². The molecule has 228 valence electrons. The van der Waals surface area contributed by atoms with Crippen LogP contribution >= 0.6 is 11.6 Å². The van der Waals surface area contributed by atoms with Crippen LogP contribution in [0.2, 0.25) is 5.02 Å². The van der Waals surface area contributed by atoms with Crippen LogP contribution in [0.3, 0.4) is 0 Å². The highest BCUT2D eigenvalue weighted by Crippen LogP contribution is 2.37. The Morgan fingerprint density at radius 2 is 1.77 bits per heavy atom. The summed E-state index contributed by atoms with van der Waals surface area (Å²) < 4.78 is 14.4. The summed E-state index contributed by atoms with van der Waals surface area (Å²) in [7, 11) is 1.75. The molecule has 0 radical (unpaired) electrons. The number of aromatic carboxylic acids is 1. The fraction of sp³-hybridized carbons (Fsp3) is 0.226. The van der Waals surface area contributed by atoms with E-state index in [4.69, 9.17) is 17.3 Å². The number of likely N-dealkylation sites (N-methyl/N-ethyl adjacent to an activating group) is 1. The van der Waals surface area contributed by atoms with Gasteiger partial charge in [-0.25, -0.2) is 9.18 Å². The largest absolute Gasteiger partial charge is 0.478 e. The summed E-state index contributed by atoms with van der Waals surface area (Å²) in [6.07, 6.45) is 1.54. The van der Waals surface area contributed by atoms with Gasteiger partial charge in [-0.2, -0.15) is 0 Å². The molecule has 3 aromatic rings. The Kier molecular flexibility index (Phi) is 8.72. The van der Waals surface area contributed by atoms with Crippen molar-refractivity contribution in [1.82, 2.24) is 9.80 Å². The number of nitrogens with two attached hydrogens (primary N) is 1. The summed E-state index contributed by atoms with van der Waals surface area (Å²) in [5, 5.41) is 14.6. The van der Waals surface area contributed by atoms with E-state index in [0.29, 0.717) is 30.8 Å². The number of rotatable bonds is 7. The first-order valence-corrected chi connectivity index (χ1v) is 14.1. The summed E-state index contributed by atoms with van der Waals surface area (Å²) in [5.41, 5.74) is 8.49. The Morgan fingerprint density at radius 1 is 1.05 bits per heavy atom. The molecule has 1 saturated heterocycles. The molecular weight excluding hydrogens is 591 g/mol. The van der Waals surface area contributed by atoms with Crippen LogP contribution in [0.1, 0.15) is 27.5 Å². The van der Waals surface area contributed by atoms with E-state index in [9.17, 15) is 28.7 Å². The topological polar surface area (TPSA) is 148 Å². The summed E-state index contributed by atoms with van der Waals surface area (Å²) in [6, 6.07) is 14.3. The third-order valence-electron chi connectivity index (χ3n) is 7.68. The lowest BCUT2D eigenvalue weighted by Crippen LogP contribution is -2.50. The number of carbonyl (C=O) groups is 4. The number of piperazine rings is 1. The minimum atomic E-state index is -1.12. The molecule has 0 bridgehead atoms. The molecule has 5 N–H and O–H groups in total. The molecule has 1 unspecified atom stereocenters. The highest BCUT2D eigenvalue weighted by atomic mass is 35.5. The molecule has 44 heavy (non-hydrogen) atoms. The van der Waals surface area contributed by atoms with E-state index >= 15 is 0 Å². The van der Waals surface area contributed by atoms with Gasteiger partial charge in [0.1, 0.15) is 11.7 Å². The Labute approximate surface area is 257 Å². The van der Waals surface area contributed by atoms with E-state index < -0.39 is 29.6 Å². The maximum Gasteiger partial charge on any atom is 0.335 e. The molecular formula is C31H30ClFN6O5. The van der Waals surface area contributed by atoms with Crippen molar-refractivity contribution in [3.05, 3.63) is 100 Å². The summed E-state index contributed by atoms with van der Waals surface area (Å²) >= 11 is 5.85. The molecule has 11 nitrogen and oxygen atoms in total. The molecule has 1 atom stereocenters. The number of nitrogens with one attached hydrogen (secondary N) is 2. The predicted molar refractivity (Wildman–Crippen MR) is 164 cm³/mol.